The first kappa shape index (κ1) is 12.7. The second kappa shape index (κ2) is 6.98. The van der Waals surface area contributed by atoms with Gasteiger partial charge in [0.2, 0.25) is 5.91 Å². The molecule has 0 unspecified atom stereocenters. The average molecular weight is 222 g/mol. The van der Waals surface area contributed by atoms with E-state index in [0.29, 0.717) is 13.2 Å². The molecule has 1 amide bonds. The van der Waals surface area contributed by atoms with Gasteiger partial charge in [-0.25, -0.2) is 0 Å². The van der Waals surface area contributed by atoms with Crippen LogP contribution in [-0.2, 0) is 9.53 Å². The molecular weight excluding hydrogens is 204 g/mol. The van der Waals surface area contributed by atoms with Gasteiger partial charge >= 0.3 is 0 Å². The summed E-state index contributed by atoms with van der Waals surface area (Å²) in [4.78, 5) is 11.4. The summed E-state index contributed by atoms with van der Waals surface area (Å²) in [7, 11) is 0. The van der Waals surface area contributed by atoms with E-state index in [4.69, 9.17) is 10.5 Å². The molecule has 3 N–H and O–H groups in total. The maximum Gasteiger partial charge on any atom is 0.250 e. The van der Waals surface area contributed by atoms with Crippen LogP contribution >= 0.6 is 0 Å². The first-order valence-electron chi connectivity index (χ1n) is 5.36. The normalized spacial score (nSPS) is 10.1. The van der Waals surface area contributed by atoms with Crippen molar-refractivity contribution in [1.82, 2.24) is 0 Å². The molecule has 0 atom stereocenters. The summed E-state index contributed by atoms with van der Waals surface area (Å²) in [5, 5.41) is 2.75. The number of aryl methyl sites for hydroxylation is 1. The van der Waals surface area contributed by atoms with Gasteiger partial charge in [0, 0.05) is 12.3 Å². The van der Waals surface area contributed by atoms with Crippen molar-refractivity contribution in [2.45, 2.75) is 13.3 Å². The van der Waals surface area contributed by atoms with E-state index in [-0.39, 0.29) is 12.5 Å². The number of nitrogens with two attached hydrogens (primary N) is 1. The molecule has 0 radical (unpaired) electrons. The van der Waals surface area contributed by atoms with Crippen molar-refractivity contribution in [3.05, 3.63) is 29.8 Å². The minimum atomic E-state index is -0.138. The molecule has 0 spiro atoms. The molecule has 1 aromatic rings. The van der Waals surface area contributed by atoms with Crippen LogP contribution < -0.4 is 11.1 Å². The third kappa shape index (κ3) is 4.91. The van der Waals surface area contributed by atoms with Gasteiger partial charge in [0.25, 0.3) is 0 Å². The van der Waals surface area contributed by atoms with Gasteiger partial charge in [-0.2, -0.15) is 0 Å². The number of hydrogen-bond donors (Lipinski definition) is 2. The van der Waals surface area contributed by atoms with E-state index in [1.807, 2.05) is 31.2 Å². The quantitative estimate of drug-likeness (QED) is 0.713. The Morgan fingerprint density at radius 3 is 2.69 bits per heavy atom. The highest BCUT2D eigenvalue weighted by atomic mass is 16.5. The number of rotatable bonds is 6. The van der Waals surface area contributed by atoms with Crippen molar-refractivity contribution in [2.24, 2.45) is 5.73 Å². The van der Waals surface area contributed by atoms with Gasteiger partial charge in [0.05, 0.1) is 0 Å². The van der Waals surface area contributed by atoms with Crippen molar-refractivity contribution in [2.75, 3.05) is 25.1 Å². The Labute approximate surface area is 95.8 Å². The van der Waals surface area contributed by atoms with Crippen LogP contribution in [0.5, 0.6) is 0 Å². The minimum absolute atomic E-state index is 0.0773. The largest absolute Gasteiger partial charge is 0.372 e. The van der Waals surface area contributed by atoms with Gasteiger partial charge in [0.15, 0.2) is 0 Å². The Morgan fingerprint density at radius 1 is 1.38 bits per heavy atom. The zero-order valence-corrected chi connectivity index (χ0v) is 9.53. The molecule has 16 heavy (non-hydrogen) atoms. The van der Waals surface area contributed by atoms with E-state index in [9.17, 15) is 4.79 Å². The number of carbonyl (C=O) groups is 1. The van der Waals surface area contributed by atoms with Crippen LogP contribution in [0.4, 0.5) is 5.69 Å². The van der Waals surface area contributed by atoms with E-state index in [2.05, 4.69) is 5.32 Å². The monoisotopic (exact) mass is 222 g/mol. The maximum atomic E-state index is 11.4. The smallest absolute Gasteiger partial charge is 0.250 e. The molecule has 0 bridgehead atoms. The SMILES string of the molecule is Cc1ccc(NC(=O)COCCCN)cc1. The van der Waals surface area contributed by atoms with Crippen LogP contribution in [0.15, 0.2) is 24.3 Å². The molecule has 4 nitrogen and oxygen atoms in total. The summed E-state index contributed by atoms with van der Waals surface area (Å²) < 4.78 is 5.14. The summed E-state index contributed by atoms with van der Waals surface area (Å²) in [6.07, 6.45) is 0.776. The number of ether oxygens (including phenoxy) is 1. The number of carbonyl (C=O) groups excluding carboxylic acids is 1. The van der Waals surface area contributed by atoms with Gasteiger partial charge in [-0.15, -0.1) is 0 Å². The predicted molar refractivity (Wildman–Crippen MR) is 64.3 cm³/mol. The van der Waals surface area contributed by atoms with Crippen LogP contribution in [0.2, 0.25) is 0 Å². The fourth-order valence-electron chi connectivity index (χ4n) is 1.18. The van der Waals surface area contributed by atoms with Crippen LogP contribution in [0.25, 0.3) is 0 Å². The van der Waals surface area contributed by atoms with Crippen LogP contribution in [0, 0.1) is 6.92 Å². The zero-order chi connectivity index (χ0) is 11.8. The molecule has 1 aromatic carbocycles. The minimum Gasteiger partial charge on any atom is -0.372 e. The van der Waals surface area contributed by atoms with Crippen molar-refractivity contribution in [3.8, 4) is 0 Å². The lowest BCUT2D eigenvalue weighted by Gasteiger charge is -2.06. The van der Waals surface area contributed by atoms with Crippen molar-refractivity contribution in [3.63, 3.8) is 0 Å². The topological polar surface area (TPSA) is 64.3 Å². The van der Waals surface area contributed by atoms with Gasteiger partial charge in [-0.05, 0) is 32.0 Å². The maximum absolute atomic E-state index is 11.4. The van der Waals surface area contributed by atoms with Gasteiger partial charge in [0.1, 0.15) is 6.61 Å². The van der Waals surface area contributed by atoms with E-state index >= 15 is 0 Å². The third-order valence-corrected chi connectivity index (χ3v) is 2.06. The molecule has 0 fully saturated rings. The lowest BCUT2D eigenvalue weighted by atomic mass is 10.2. The lowest BCUT2D eigenvalue weighted by molar-refractivity contribution is -0.120. The highest BCUT2D eigenvalue weighted by Gasteiger charge is 2.01. The second-order valence-corrected chi connectivity index (χ2v) is 3.61. The molecule has 0 heterocycles. The number of anilines is 1. The first-order chi connectivity index (χ1) is 7.72. The van der Waals surface area contributed by atoms with E-state index in [1.165, 1.54) is 0 Å². The van der Waals surface area contributed by atoms with Gasteiger partial charge < -0.3 is 15.8 Å². The van der Waals surface area contributed by atoms with Crippen molar-refractivity contribution < 1.29 is 9.53 Å². The van der Waals surface area contributed by atoms with E-state index < -0.39 is 0 Å². The fourth-order valence-corrected chi connectivity index (χ4v) is 1.18. The van der Waals surface area contributed by atoms with E-state index in [1.54, 1.807) is 0 Å². The summed E-state index contributed by atoms with van der Waals surface area (Å²) in [6, 6.07) is 7.63. The summed E-state index contributed by atoms with van der Waals surface area (Å²) in [6.45, 7) is 3.19. The van der Waals surface area contributed by atoms with Crippen LogP contribution in [-0.4, -0.2) is 25.7 Å². The Hall–Kier alpha value is -1.39. The lowest BCUT2D eigenvalue weighted by Crippen LogP contribution is -2.19. The van der Waals surface area contributed by atoms with Crippen molar-refractivity contribution >= 4 is 11.6 Å². The first-order valence-corrected chi connectivity index (χ1v) is 5.36. The Morgan fingerprint density at radius 2 is 2.06 bits per heavy atom. The second-order valence-electron chi connectivity index (χ2n) is 3.61. The molecule has 0 aliphatic rings. The Bertz CT molecular complexity index is 322. The summed E-state index contributed by atoms with van der Waals surface area (Å²) in [5.74, 6) is -0.138. The zero-order valence-electron chi connectivity index (χ0n) is 9.53. The molecular formula is C12H18N2O2. The fraction of sp³-hybridized carbons (Fsp3) is 0.417. The van der Waals surface area contributed by atoms with Crippen molar-refractivity contribution in [1.29, 1.82) is 0 Å². The number of hydrogen-bond acceptors (Lipinski definition) is 3. The molecule has 88 valence electrons. The molecule has 0 saturated heterocycles. The molecule has 0 saturated carbocycles. The van der Waals surface area contributed by atoms with Crippen LogP contribution in [0.1, 0.15) is 12.0 Å². The molecule has 0 aliphatic carbocycles. The summed E-state index contributed by atoms with van der Waals surface area (Å²) >= 11 is 0. The molecule has 0 aromatic heterocycles. The van der Waals surface area contributed by atoms with Gasteiger partial charge in [-0.3, -0.25) is 4.79 Å². The molecule has 4 heteroatoms. The van der Waals surface area contributed by atoms with Gasteiger partial charge in [-0.1, -0.05) is 17.7 Å². The Kier molecular flexibility index (Phi) is 5.53. The van der Waals surface area contributed by atoms with E-state index in [0.717, 1.165) is 17.7 Å². The average Bonchev–Trinajstić information content (AvgIpc) is 2.28. The predicted octanol–water partition coefficient (Wildman–Crippen LogP) is 1.30. The molecule has 0 aliphatic heterocycles. The third-order valence-electron chi connectivity index (χ3n) is 2.06. The molecule has 1 rings (SSSR count). The summed E-state index contributed by atoms with van der Waals surface area (Å²) in [5.41, 5.74) is 7.26. The highest BCUT2D eigenvalue weighted by molar-refractivity contribution is 5.91. The number of nitrogens with one attached hydrogen (secondary N) is 1. The highest BCUT2D eigenvalue weighted by Crippen LogP contribution is 2.08. The standard InChI is InChI=1S/C12H18N2O2/c1-10-3-5-11(6-4-10)14-12(15)9-16-8-2-7-13/h3-6H,2,7-9,13H2,1H3,(H,14,15). The number of amides is 1. The Balaban J connectivity index is 2.26. The number of benzene rings is 1. The van der Waals surface area contributed by atoms with Crippen LogP contribution in [0.3, 0.4) is 0 Å².